The molecule has 0 bridgehead atoms. The highest BCUT2D eigenvalue weighted by Gasteiger charge is 2.35. The molecular formula is C36H39Cl2N3O4S. The number of rotatable bonds is 13. The number of carbonyl (C=O) groups excluding carboxylic acids is 2. The molecule has 4 aromatic rings. The van der Waals surface area contributed by atoms with E-state index < -0.39 is 28.5 Å². The lowest BCUT2D eigenvalue weighted by atomic mass is 10.0. The van der Waals surface area contributed by atoms with Crippen LogP contribution >= 0.6 is 23.2 Å². The van der Waals surface area contributed by atoms with Gasteiger partial charge in [-0.1, -0.05) is 84.7 Å². The van der Waals surface area contributed by atoms with Crippen LogP contribution in [0.1, 0.15) is 42.5 Å². The van der Waals surface area contributed by atoms with Crippen LogP contribution in [0.15, 0.2) is 102 Å². The van der Waals surface area contributed by atoms with Gasteiger partial charge in [0.05, 0.1) is 10.6 Å². The Balaban J connectivity index is 1.83. The lowest BCUT2D eigenvalue weighted by Crippen LogP contribution is -2.54. The van der Waals surface area contributed by atoms with Crippen LogP contribution in [-0.4, -0.2) is 43.8 Å². The third-order valence-electron chi connectivity index (χ3n) is 8.03. The zero-order valence-corrected chi connectivity index (χ0v) is 28.7. The maximum Gasteiger partial charge on any atom is 0.264 e. The highest BCUT2D eigenvalue weighted by molar-refractivity contribution is 7.92. The van der Waals surface area contributed by atoms with Gasteiger partial charge < -0.3 is 10.2 Å². The first kappa shape index (κ1) is 35.0. The summed E-state index contributed by atoms with van der Waals surface area (Å²) < 4.78 is 29.5. The Bertz CT molecular complexity index is 1770. The van der Waals surface area contributed by atoms with Gasteiger partial charge >= 0.3 is 0 Å². The van der Waals surface area contributed by atoms with Gasteiger partial charge in [-0.3, -0.25) is 13.9 Å². The van der Waals surface area contributed by atoms with Crippen molar-refractivity contribution in [1.29, 1.82) is 0 Å². The first-order valence-corrected chi connectivity index (χ1v) is 17.3. The summed E-state index contributed by atoms with van der Waals surface area (Å²) in [7, 11) is -4.24. The van der Waals surface area contributed by atoms with Gasteiger partial charge in [0.25, 0.3) is 10.0 Å². The Morgan fingerprint density at radius 2 is 1.50 bits per heavy atom. The van der Waals surface area contributed by atoms with Crippen LogP contribution in [0.4, 0.5) is 5.69 Å². The van der Waals surface area contributed by atoms with E-state index in [-0.39, 0.29) is 29.8 Å². The molecule has 46 heavy (non-hydrogen) atoms. The quantitative estimate of drug-likeness (QED) is 0.160. The van der Waals surface area contributed by atoms with Crippen molar-refractivity contribution in [2.45, 2.75) is 64.1 Å². The van der Waals surface area contributed by atoms with E-state index in [9.17, 15) is 18.0 Å². The van der Waals surface area contributed by atoms with Crippen molar-refractivity contribution in [3.05, 3.63) is 129 Å². The predicted octanol–water partition coefficient (Wildman–Crippen LogP) is 7.36. The van der Waals surface area contributed by atoms with Crippen LogP contribution in [0.3, 0.4) is 0 Å². The molecule has 0 fully saturated rings. The minimum atomic E-state index is -4.24. The SMILES string of the molecule is CC[C@H](C)NC(=O)[C@H](Cc1ccccc1)N(Cc1ccccc1Cl)C(=O)CN(c1ccc(C)c(C)c1)S(=O)(=O)c1ccc(Cl)cc1. The number of amides is 2. The smallest absolute Gasteiger partial charge is 0.264 e. The number of nitrogens with zero attached hydrogens (tertiary/aromatic N) is 2. The van der Waals surface area contributed by atoms with Gasteiger partial charge in [0, 0.05) is 29.1 Å². The molecule has 2 atom stereocenters. The van der Waals surface area contributed by atoms with E-state index in [1.54, 1.807) is 30.3 Å². The van der Waals surface area contributed by atoms with Gasteiger partial charge in [-0.2, -0.15) is 0 Å². The summed E-state index contributed by atoms with van der Waals surface area (Å²) in [5.41, 5.74) is 3.65. The van der Waals surface area contributed by atoms with E-state index >= 15 is 0 Å². The molecule has 0 radical (unpaired) electrons. The van der Waals surface area contributed by atoms with E-state index in [0.717, 1.165) is 21.0 Å². The molecule has 242 valence electrons. The lowest BCUT2D eigenvalue weighted by Gasteiger charge is -2.34. The van der Waals surface area contributed by atoms with Crippen LogP contribution in [0.5, 0.6) is 0 Å². The van der Waals surface area contributed by atoms with Crippen molar-refractivity contribution < 1.29 is 18.0 Å². The minimum Gasteiger partial charge on any atom is -0.352 e. The zero-order chi connectivity index (χ0) is 33.4. The summed E-state index contributed by atoms with van der Waals surface area (Å²) >= 11 is 12.6. The minimum absolute atomic E-state index is 0.00824. The number of aryl methyl sites for hydroxylation is 2. The average Bonchev–Trinajstić information content (AvgIpc) is 3.04. The maximum atomic E-state index is 14.6. The number of carbonyl (C=O) groups is 2. The molecule has 0 unspecified atom stereocenters. The molecule has 0 saturated carbocycles. The maximum absolute atomic E-state index is 14.6. The summed E-state index contributed by atoms with van der Waals surface area (Å²) in [6, 6.07) is 26.5. The Hall–Kier alpha value is -3.85. The number of sulfonamides is 1. The van der Waals surface area contributed by atoms with E-state index in [0.29, 0.717) is 27.7 Å². The van der Waals surface area contributed by atoms with Gasteiger partial charge in [-0.05, 0) is 91.9 Å². The van der Waals surface area contributed by atoms with Crippen LogP contribution in [-0.2, 0) is 32.6 Å². The predicted molar refractivity (Wildman–Crippen MR) is 186 cm³/mol. The molecule has 4 aromatic carbocycles. The first-order valence-electron chi connectivity index (χ1n) is 15.1. The highest BCUT2D eigenvalue weighted by atomic mass is 35.5. The van der Waals surface area contributed by atoms with E-state index in [1.165, 1.54) is 29.2 Å². The van der Waals surface area contributed by atoms with Crippen molar-refractivity contribution in [3.8, 4) is 0 Å². The molecule has 0 aliphatic heterocycles. The van der Waals surface area contributed by atoms with Gasteiger partial charge in [0.1, 0.15) is 12.6 Å². The molecular weight excluding hydrogens is 641 g/mol. The van der Waals surface area contributed by atoms with Crippen molar-refractivity contribution in [1.82, 2.24) is 10.2 Å². The third-order valence-corrected chi connectivity index (χ3v) is 10.4. The van der Waals surface area contributed by atoms with Crippen LogP contribution in [0.2, 0.25) is 10.0 Å². The van der Waals surface area contributed by atoms with Gasteiger partial charge in [0.15, 0.2) is 0 Å². The van der Waals surface area contributed by atoms with Gasteiger partial charge in [-0.15, -0.1) is 0 Å². The Morgan fingerprint density at radius 3 is 2.13 bits per heavy atom. The highest BCUT2D eigenvalue weighted by Crippen LogP contribution is 2.28. The largest absolute Gasteiger partial charge is 0.352 e. The zero-order valence-electron chi connectivity index (χ0n) is 26.4. The van der Waals surface area contributed by atoms with E-state index in [2.05, 4.69) is 5.32 Å². The fraction of sp³-hybridized carbons (Fsp3) is 0.278. The molecule has 10 heteroatoms. The second-order valence-corrected chi connectivity index (χ2v) is 14.1. The average molecular weight is 681 g/mol. The Kier molecular flexibility index (Phi) is 11.9. The number of nitrogens with one attached hydrogen (secondary N) is 1. The fourth-order valence-electron chi connectivity index (χ4n) is 4.95. The topological polar surface area (TPSA) is 86.8 Å². The molecule has 0 aliphatic carbocycles. The van der Waals surface area contributed by atoms with Crippen molar-refractivity contribution in [2.24, 2.45) is 0 Å². The summed E-state index contributed by atoms with van der Waals surface area (Å²) in [5.74, 6) is -0.896. The molecule has 0 heterocycles. The third kappa shape index (κ3) is 8.69. The Morgan fingerprint density at radius 1 is 0.848 bits per heavy atom. The van der Waals surface area contributed by atoms with Crippen LogP contribution in [0, 0.1) is 13.8 Å². The van der Waals surface area contributed by atoms with Crippen molar-refractivity contribution in [2.75, 3.05) is 10.8 Å². The Labute approximate surface area is 282 Å². The molecule has 2 amide bonds. The molecule has 0 aliphatic rings. The number of hydrogen-bond acceptors (Lipinski definition) is 4. The molecule has 0 saturated heterocycles. The number of hydrogen-bond donors (Lipinski definition) is 1. The van der Waals surface area contributed by atoms with Crippen molar-refractivity contribution in [3.63, 3.8) is 0 Å². The van der Waals surface area contributed by atoms with E-state index in [1.807, 2.05) is 70.2 Å². The summed E-state index contributed by atoms with van der Waals surface area (Å²) in [5, 5.41) is 3.85. The fourth-order valence-corrected chi connectivity index (χ4v) is 6.68. The molecule has 4 rings (SSSR count). The normalized spacial score (nSPS) is 12.7. The van der Waals surface area contributed by atoms with Crippen LogP contribution < -0.4 is 9.62 Å². The number of anilines is 1. The van der Waals surface area contributed by atoms with Crippen LogP contribution in [0.25, 0.3) is 0 Å². The second kappa shape index (κ2) is 15.6. The van der Waals surface area contributed by atoms with Gasteiger partial charge in [-0.25, -0.2) is 8.42 Å². The number of halogens is 2. The van der Waals surface area contributed by atoms with Crippen molar-refractivity contribution >= 4 is 50.7 Å². The molecule has 1 N–H and O–H groups in total. The van der Waals surface area contributed by atoms with Gasteiger partial charge in [0.2, 0.25) is 11.8 Å². The first-order chi connectivity index (χ1) is 21.9. The summed E-state index contributed by atoms with van der Waals surface area (Å²) in [6.07, 6.45) is 0.912. The standard InChI is InChI=1S/C36H39Cl2N3O4S/c1-5-27(4)39-36(43)34(22-28-11-7-6-8-12-28)40(23-29-13-9-10-14-33(29)38)35(42)24-41(31-18-15-25(2)26(3)21-31)46(44,45)32-19-16-30(37)17-20-32/h6-21,27,34H,5,22-24H2,1-4H3,(H,39,43)/t27-,34-/m0/s1. The second-order valence-electron chi connectivity index (χ2n) is 11.4. The van der Waals surface area contributed by atoms with E-state index in [4.69, 9.17) is 23.2 Å². The lowest BCUT2D eigenvalue weighted by molar-refractivity contribution is -0.140. The number of benzene rings is 4. The molecule has 7 nitrogen and oxygen atoms in total. The monoisotopic (exact) mass is 679 g/mol. The summed E-state index contributed by atoms with van der Waals surface area (Å²) in [6.45, 7) is 7.11. The molecule has 0 spiro atoms. The molecule has 0 aromatic heterocycles. The summed E-state index contributed by atoms with van der Waals surface area (Å²) in [4.78, 5) is 30.0.